The predicted molar refractivity (Wildman–Crippen MR) is 107 cm³/mol. The van der Waals surface area contributed by atoms with Crippen LogP contribution in [0.25, 0.3) is 0 Å². The number of Topliss-reactive ketones (excluding diaryl/α,β-unsaturated/α-hetero) is 1. The average molecular weight is 374 g/mol. The molecule has 0 saturated carbocycles. The topological polar surface area (TPSA) is 68.3 Å². The Hall–Kier alpha value is -3.47. The van der Waals surface area contributed by atoms with Gasteiger partial charge in [0.05, 0.1) is 0 Å². The number of rotatable bonds is 9. The molecule has 0 saturated heterocycles. The van der Waals surface area contributed by atoms with Gasteiger partial charge in [-0.25, -0.2) is 4.98 Å². The minimum absolute atomic E-state index is 0.0628. The van der Waals surface area contributed by atoms with Crippen molar-refractivity contribution in [3.8, 4) is 11.6 Å². The fourth-order valence-corrected chi connectivity index (χ4v) is 2.71. The highest BCUT2D eigenvalue weighted by molar-refractivity contribution is 5.96. The number of ketones is 1. The van der Waals surface area contributed by atoms with Crippen molar-refractivity contribution in [2.24, 2.45) is 0 Å². The molecule has 1 aromatic heterocycles. The Morgan fingerprint density at radius 1 is 0.893 bits per heavy atom. The summed E-state index contributed by atoms with van der Waals surface area (Å²) in [6.07, 6.45) is 2.89. The molecule has 0 aliphatic carbocycles. The Morgan fingerprint density at radius 3 is 2.50 bits per heavy atom. The van der Waals surface area contributed by atoms with E-state index in [0.717, 1.165) is 5.56 Å². The molecule has 3 aromatic rings. The summed E-state index contributed by atoms with van der Waals surface area (Å²) in [6.45, 7) is 0.408. The number of hydrogen-bond donors (Lipinski definition) is 1. The summed E-state index contributed by atoms with van der Waals surface area (Å²) in [5, 5.41) is 2.88. The van der Waals surface area contributed by atoms with Crippen LogP contribution in [-0.2, 0) is 11.3 Å². The van der Waals surface area contributed by atoms with Gasteiger partial charge < -0.3 is 10.1 Å². The van der Waals surface area contributed by atoms with Crippen molar-refractivity contribution in [1.82, 2.24) is 10.3 Å². The summed E-state index contributed by atoms with van der Waals surface area (Å²) >= 11 is 0. The van der Waals surface area contributed by atoms with Crippen molar-refractivity contribution in [3.05, 3.63) is 90.1 Å². The molecule has 0 radical (unpaired) electrons. The normalized spacial score (nSPS) is 10.3. The fraction of sp³-hybridized carbons (Fsp3) is 0.174. The lowest BCUT2D eigenvalue weighted by Gasteiger charge is -2.08. The van der Waals surface area contributed by atoms with Crippen LogP contribution < -0.4 is 10.1 Å². The molecule has 5 heteroatoms. The van der Waals surface area contributed by atoms with Gasteiger partial charge in [0.15, 0.2) is 5.78 Å². The summed E-state index contributed by atoms with van der Waals surface area (Å²) in [5.74, 6) is 1.18. The smallest absolute Gasteiger partial charge is 0.220 e. The van der Waals surface area contributed by atoms with Crippen LogP contribution in [0.15, 0.2) is 79.0 Å². The third-order valence-corrected chi connectivity index (χ3v) is 4.15. The summed E-state index contributed by atoms with van der Waals surface area (Å²) in [6, 6.07) is 22.1. The quantitative estimate of drug-likeness (QED) is 0.558. The SMILES string of the molecule is O=C(CCCC(=O)c1ccccc1)NCc1cccc(Oc2ccccn2)c1. The molecule has 142 valence electrons. The molecule has 0 aliphatic heterocycles. The van der Waals surface area contributed by atoms with Gasteiger partial charge in [-0.1, -0.05) is 48.5 Å². The van der Waals surface area contributed by atoms with Crippen LogP contribution in [0.2, 0.25) is 0 Å². The molecule has 0 fully saturated rings. The summed E-state index contributed by atoms with van der Waals surface area (Å²) in [4.78, 5) is 28.2. The van der Waals surface area contributed by atoms with E-state index in [4.69, 9.17) is 4.74 Å². The van der Waals surface area contributed by atoms with Gasteiger partial charge in [-0.2, -0.15) is 0 Å². The first kappa shape index (κ1) is 19.3. The van der Waals surface area contributed by atoms with Gasteiger partial charge in [0.1, 0.15) is 5.75 Å². The molecule has 1 amide bonds. The minimum Gasteiger partial charge on any atom is -0.439 e. The van der Waals surface area contributed by atoms with Crippen molar-refractivity contribution in [2.45, 2.75) is 25.8 Å². The maximum atomic E-state index is 12.0. The van der Waals surface area contributed by atoms with Crippen molar-refractivity contribution in [1.29, 1.82) is 0 Å². The maximum absolute atomic E-state index is 12.0. The Labute approximate surface area is 164 Å². The van der Waals surface area contributed by atoms with Crippen molar-refractivity contribution in [2.75, 3.05) is 0 Å². The van der Waals surface area contributed by atoms with Gasteiger partial charge in [-0.15, -0.1) is 0 Å². The maximum Gasteiger partial charge on any atom is 0.220 e. The molecule has 0 aliphatic rings. The number of hydrogen-bond acceptors (Lipinski definition) is 4. The molecule has 0 spiro atoms. The molecule has 5 nitrogen and oxygen atoms in total. The second-order valence-corrected chi connectivity index (χ2v) is 6.34. The second-order valence-electron chi connectivity index (χ2n) is 6.34. The third kappa shape index (κ3) is 6.06. The number of pyridine rings is 1. The first-order valence-corrected chi connectivity index (χ1v) is 9.23. The monoisotopic (exact) mass is 374 g/mol. The molecule has 0 atom stereocenters. The van der Waals surface area contributed by atoms with Crippen LogP contribution in [0.1, 0.15) is 35.2 Å². The molecule has 1 heterocycles. The zero-order chi connectivity index (χ0) is 19.6. The number of nitrogens with zero attached hydrogens (tertiary/aromatic N) is 1. The molecule has 0 unspecified atom stereocenters. The molecule has 3 rings (SSSR count). The van der Waals surface area contributed by atoms with Crippen molar-refractivity contribution in [3.63, 3.8) is 0 Å². The highest BCUT2D eigenvalue weighted by atomic mass is 16.5. The van der Waals surface area contributed by atoms with Gasteiger partial charge in [0, 0.05) is 37.2 Å². The highest BCUT2D eigenvalue weighted by Gasteiger charge is 2.08. The van der Waals surface area contributed by atoms with Crippen LogP contribution >= 0.6 is 0 Å². The van der Waals surface area contributed by atoms with E-state index < -0.39 is 0 Å². The van der Waals surface area contributed by atoms with Crippen LogP contribution in [0.3, 0.4) is 0 Å². The number of amides is 1. The van der Waals surface area contributed by atoms with Crippen molar-refractivity contribution < 1.29 is 14.3 Å². The first-order valence-electron chi connectivity index (χ1n) is 9.23. The van der Waals surface area contributed by atoms with Gasteiger partial charge in [0.2, 0.25) is 11.8 Å². The molecular formula is C23H22N2O3. The predicted octanol–water partition coefficient (Wildman–Crippen LogP) is 4.54. The van der Waals surface area contributed by atoms with E-state index in [1.54, 1.807) is 24.4 Å². The zero-order valence-corrected chi connectivity index (χ0v) is 15.5. The van der Waals surface area contributed by atoms with E-state index in [-0.39, 0.29) is 11.7 Å². The fourth-order valence-electron chi connectivity index (χ4n) is 2.71. The zero-order valence-electron chi connectivity index (χ0n) is 15.5. The number of nitrogens with one attached hydrogen (secondary N) is 1. The number of carbonyl (C=O) groups excluding carboxylic acids is 2. The molecule has 2 aromatic carbocycles. The van der Waals surface area contributed by atoms with Gasteiger partial charge in [-0.3, -0.25) is 9.59 Å². The lowest BCUT2D eigenvalue weighted by Crippen LogP contribution is -2.22. The Balaban J connectivity index is 1.42. The van der Waals surface area contributed by atoms with Crippen LogP contribution in [0.5, 0.6) is 11.6 Å². The summed E-state index contributed by atoms with van der Waals surface area (Å²) in [5.41, 5.74) is 1.62. The van der Waals surface area contributed by atoms with E-state index >= 15 is 0 Å². The molecule has 1 N–H and O–H groups in total. The Kier molecular flexibility index (Phi) is 6.90. The highest BCUT2D eigenvalue weighted by Crippen LogP contribution is 2.20. The first-order chi connectivity index (χ1) is 13.7. The number of carbonyl (C=O) groups is 2. The third-order valence-electron chi connectivity index (χ3n) is 4.15. The standard InChI is InChI=1S/C23H22N2O3/c26-21(19-9-2-1-3-10-19)12-7-13-22(27)25-17-18-8-6-11-20(16-18)28-23-14-4-5-15-24-23/h1-6,8-11,14-16H,7,12-13,17H2,(H,25,27). The van der Waals surface area contributed by atoms with Crippen LogP contribution in [0, 0.1) is 0 Å². The van der Waals surface area contributed by atoms with Gasteiger partial charge in [0.25, 0.3) is 0 Å². The lowest BCUT2D eigenvalue weighted by atomic mass is 10.1. The van der Waals surface area contributed by atoms with Crippen LogP contribution in [-0.4, -0.2) is 16.7 Å². The molecule has 28 heavy (non-hydrogen) atoms. The Morgan fingerprint density at radius 2 is 1.71 bits per heavy atom. The number of benzene rings is 2. The lowest BCUT2D eigenvalue weighted by molar-refractivity contribution is -0.121. The average Bonchev–Trinajstić information content (AvgIpc) is 2.74. The molecule has 0 bridgehead atoms. The summed E-state index contributed by atoms with van der Waals surface area (Å²) in [7, 11) is 0. The van der Waals surface area contributed by atoms with E-state index in [1.165, 1.54) is 0 Å². The molecular weight excluding hydrogens is 352 g/mol. The van der Waals surface area contributed by atoms with E-state index in [1.807, 2.05) is 54.6 Å². The van der Waals surface area contributed by atoms with Crippen molar-refractivity contribution >= 4 is 11.7 Å². The van der Waals surface area contributed by atoms with Crippen LogP contribution in [0.4, 0.5) is 0 Å². The van der Waals surface area contributed by atoms with Gasteiger partial charge in [-0.05, 0) is 30.2 Å². The van der Waals surface area contributed by atoms with Gasteiger partial charge >= 0.3 is 0 Å². The van der Waals surface area contributed by atoms with E-state index in [2.05, 4.69) is 10.3 Å². The number of aromatic nitrogens is 1. The minimum atomic E-state index is -0.0723. The summed E-state index contributed by atoms with van der Waals surface area (Å²) < 4.78 is 5.70. The number of ether oxygens (including phenoxy) is 1. The second kappa shape index (κ2) is 10.0. The largest absolute Gasteiger partial charge is 0.439 e. The van der Waals surface area contributed by atoms with E-state index in [0.29, 0.717) is 43.0 Å². The van der Waals surface area contributed by atoms with E-state index in [9.17, 15) is 9.59 Å². The Bertz CT molecular complexity index is 911.